The van der Waals surface area contributed by atoms with Crippen molar-refractivity contribution in [2.75, 3.05) is 59.1 Å². The van der Waals surface area contributed by atoms with E-state index in [0.717, 1.165) is 45.8 Å². The quantitative estimate of drug-likeness (QED) is 0.598. The summed E-state index contributed by atoms with van der Waals surface area (Å²) in [7, 11) is 0. The first-order chi connectivity index (χ1) is 8.26. The zero-order valence-corrected chi connectivity index (χ0v) is 10.8. The van der Waals surface area contributed by atoms with Crippen molar-refractivity contribution in [3.63, 3.8) is 0 Å². The summed E-state index contributed by atoms with van der Waals surface area (Å²) in [5.41, 5.74) is 0. The predicted molar refractivity (Wildman–Crippen MR) is 67.1 cm³/mol. The first kappa shape index (κ1) is 14.9. The molecule has 5 heteroatoms. The van der Waals surface area contributed by atoms with Crippen molar-refractivity contribution in [1.29, 1.82) is 0 Å². The molecule has 17 heavy (non-hydrogen) atoms. The van der Waals surface area contributed by atoms with Crippen LogP contribution in [0.5, 0.6) is 0 Å². The van der Waals surface area contributed by atoms with Crippen molar-refractivity contribution in [1.82, 2.24) is 9.80 Å². The van der Waals surface area contributed by atoms with E-state index in [-0.39, 0.29) is 12.7 Å². The van der Waals surface area contributed by atoms with Gasteiger partial charge in [0.25, 0.3) is 0 Å². The van der Waals surface area contributed by atoms with Crippen LogP contribution in [0, 0.1) is 0 Å². The van der Waals surface area contributed by atoms with Gasteiger partial charge in [-0.05, 0) is 6.42 Å². The summed E-state index contributed by atoms with van der Waals surface area (Å²) in [6, 6.07) is 0. The Morgan fingerprint density at radius 2 is 2.00 bits per heavy atom. The first-order valence-corrected chi connectivity index (χ1v) is 6.57. The largest absolute Gasteiger partial charge is 0.395 e. The van der Waals surface area contributed by atoms with E-state index in [9.17, 15) is 5.11 Å². The van der Waals surface area contributed by atoms with Crippen molar-refractivity contribution in [2.45, 2.75) is 19.4 Å². The first-order valence-electron chi connectivity index (χ1n) is 6.57. The van der Waals surface area contributed by atoms with Crippen LogP contribution in [0.4, 0.5) is 0 Å². The Kier molecular flexibility index (Phi) is 7.72. The molecule has 0 bridgehead atoms. The summed E-state index contributed by atoms with van der Waals surface area (Å²) in [4.78, 5) is 4.50. The molecule has 0 aromatic heterocycles. The van der Waals surface area contributed by atoms with Crippen LogP contribution in [-0.4, -0.2) is 85.2 Å². The van der Waals surface area contributed by atoms with Crippen LogP contribution >= 0.6 is 0 Å². The van der Waals surface area contributed by atoms with E-state index in [1.54, 1.807) is 0 Å². The molecule has 5 nitrogen and oxygen atoms in total. The molecule has 1 rings (SSSR count). The van der Waals surface area contributed by atoms with Gasteiger partial charge in [0.1, 0.15) is 0 Å². The minimum atomic E-state index is -0.286. The van der Waals surface area contributed by atoms with Crippen LogP contribution in [0.15, 0.2) is 0 Å². The van der Waals surface area contributed by atoms with Gasteiger partial charge in [0.05, 0.1) is 25.9 Å². The maximum absolute atomic E-state index is 9.64. The molecule has 0 radical (unpaired) electrons. The van der Waals surface area contributed by atoms with Crippen LogP contribution in [0.25, 0.3) is 0 Å². The number of ether oxygens (including phenoxy) is 1. The van der Waals surface area contributed by atoms with Gasteiger partial charge in [-0.1, -0.05) is 6.92 Å². The van der Waals surface area contributed by atoms with Gasteiger partial charge in [-0.2, -0.15) is 0 Å². The summed E-state index contributed by atoms with van der Waals surface area (Å²) in [5, 5.41) is 18.6. The van der Waals surface area contributed by atoms with E-state index in [1.165, 1.54) is 0 Å². The second-order valence-corrected chi connectivity index (χ2v) is 4.54. The highest BCUT2D eigenvalue weighted by Crippen LogP contribution is 2.00. The summed E-state index contributed by atoms with van der Waals surface area (Å²) < 4.78 is 5.30. The van der Waals surface area contributed by atoms with Crippen LogP contribution in [-0.2, 0) is 4.74 Å². The average molecular weight is 246 g/mol. The van der Waals surface area contributed by atoms with Gasteiger partial charge in [0.15, 0.2) is 0 Å². The molecule has 0 spiro atoms. The Labute approximate surface area is 104 Å². The van der Waals surface area contributed by atoms with Gasteiger partial charge in [-0.15, -0.1) is 0 Å². The molecule has 1 atom stereocenters. The predicted octanol–water partition coefficient (Wildman–Crippen LogP) is -0.616. The molecule has 1 aliphatic heterocycles. The third kappa shape index (κ3) is 6.33. The van der Waals surface area contributed by atoms with Crippen LogP contribution < -0.4 is 0 Å². The smallest absolute Gasteiger partial charge is 0.0664 e. The summed E-state index contributed by atoms with van der Waals surface area (Å²) in [6.45, 7) is 8.92. The molecular weight excluding hydrogens is 220 g/mol. The van der Waals surface area contributed by atoms with E-state index >= 15 is 0 Å². The number of morpholine rings is 1. The van der Waals surface area contributed by atoms with Crippen molar-refractivity contribution in [3.05, 3.63) is 0 Å². The van der Waals surface area contributed by atoms with Crippen LogP contribution in [0.3, 0.4) is 0 Å². The maximum Gasteiger partial charge on any atom is 0.0664 e. The fourth-order valence-corrected chi connectivity index (χ4v) is 1.97. The molecule has 1 saturated heterocycles. The van der Waals surface area contributed by atoms with Crippen molar-refractivity contribution in [3.8, 4) is 0 Å². The van der Waals surface area contributed by atoms with Crippen molar-refractivity contribution in [2.24, 2.45) is 0 Å². The summed E-state index contributed by atoms with van der Waals surface area (Å²) in [6.07, 6.45) is 0.477. The molecule has 1 heterocycles. The highest BCUT2D eigenvalue weighted by atomic mass is 16.5. The van der Waals surface area contributed by atoms with Crippen molar-refractivity contribution < 1.29 is 14.9 Å². The Morgan fingerprint density at radius 3 is 2.59 bits per heavy atom. The second kappa shape index (κ2) is 8.83. The SMILES string of the molecule is CCC(O)CN(CCO)CCN1CCOCC1. The molecule has 2 N–H and O–H groups in total. The van der Waals surface area contributed by atoms with E-state index in [0.29, 0.717) is 13.1 Å². The molecule has 0 aromatic carbocycles. The highest BCUT2D eigenvalue weighted by Gasteiger charge is 2.14. The third-order valence-corrected chi connectivity index (χ3v) is 3.19. The lowest BCUT2D eigenvalue weighted by Gasteiger charge is -2.30. The standard InChI is InChI=1S/C12H26N2O3/c1-2-12(16)11-14(5-8-15)4-3-13-6-9-17-10-7-13/h12,15-16H,2-11H2,1H3. The highest BCUT2D eigenvalue weighted by molar-refractivity contribution is 4.68. The average Bonchev–Trinajstić information content (AvgIpc) is 2.37. The number of nitrogens with zero attached hydrogens (tertiary/aromatic N) is 2. The van der Waals surface area contributed by atoms with E-state index in [1.807, 2.05) is 6.92 Å². The molecule has 1 fully saturated rings. The fraction of sp³-hybridized carbons (Fsp3) is 1.00. The fourth-order valence-electron chi connectivity index (χ4n) is 1.97. The molecule has 0 saturated carbocycles. The van der Waals surface area contributed by atoms with E-state index < -0.39 is 0 Å². The zero-order chi connectivity index (χ0) is 12.5. The lowest BCUT2D eigenvalue weighted by molar-refractivity contribution is 0.0282. The number of hydrogen-bond donors (Lipinski definition) is 2. The van der Waals surface area contributed by atoms with Gasteiger partial charge in [-0.3, -0.25) is 9.80 Å². The van der Waals surface area contributed by atoms with Crippen molar-refractivity contribution >= 4 is 0 Å². The number of aliphatic hydroxyl groups is 2. The Balaban J connectivity index is 2.22. The summed E-state index contributed by atoms with van der Waals surface area (Å²) in [5.74, 6) is 0. The molecule has 0 amide bonds. The number of aliphatic hydroxyl groups excluding tert-OH is 2. The third-order valence-electron chi connectivity index (χ3n) is 3.19. The van der Waals surface area contributed by atoms with Crippen LogP contribution in [0.2, 0.25) is 0 Å². The zero-order valence-electron chi connectivity index (χ0n) is 10.8. The minimum Gasteiger partial charge on any atom is -0.395 e. The van der Waals surface area contributed by atoms with Gasteiger partial charge >= 0.3 is 0 Å². The lowest BCUT2D eigenvalue weighted by Crippen LogP contribution is -2.43. The minimum absolute atomic E-state index is 0.152. The maximum atomic E-state index is 9.64. The van der Waals surface area contributed by atoms with E-state index in [2.05, 4.69) is 9.80 Å². The molecule has 1 unspecified atom stereocenters. The van der Waals surface area contributed by atoms with Gasteiger partial charge in [-0.25, -0.2) is 0 Å². The Morgan fingerprint density at radius 1 is 1.29 bits per heavy atom. The normalized spacial score (nSPS) is 19.8. The molecule has 0 aliphatic carbocycles. The van der Waals surface area contributed by atoms with Gasteiger partial charge < -0.3 is 14.9 Å². The van der Waals surface area contributed by atoms with Crippen LogP contribution in [0.1, 0.15) is 13.3 Å². The molecule has 1 aliphatic rings. The van der Waals surface area contributed by atoms with E-state index in [4.69, 9.17) is 9.84 Å². The number of hydrogen-bond acceptors (Lipinski definition) is 5. The Hall–Kier alpha value is -0.200. The second-order valence-electron chi connectivity index (χ2n) is 4.54. The number of rotatable bonds is 8. The van der Waals surface area contributed by atoms with Gasteiger partial charge in [0, 0.05) is 39.3 Å². The molecule has 0 aromatic rings. The van der Waals surface area contributed by atoms with Gasteiger partial charge in [0.2, 0.25) is 0 Å². The molecular formula is C12H26N2O3. The molecule has 102 valence electrons. The lowest BCUT2D eigenvalue weighted by atomic mass is 10.2. The topological polar surface area (TPSA) is 56.2 Å². The Bertz CT molecular complexity index is 187. The summed E-state index contributed by atoms with van der Waals surface area (Å²) >= 11 is 0. The monoisotopic (exact) mass is 246 g/mol.